The number of aliphatic imine (C=N–C) groups is 2. The molecule has 0 bridgehead atoms. The Morgan fingerprint density at radius 1 is 1.19 bits per heavy atom. The summed E-state index contributed by atoms with van der Waals surface area (Å²) in [5.41, 5.74) is 2.54. The second-order valence-electron chi connectivity index (χ2n) is 10.4. The molecule has 0 atom stereocenters. The lowest BCUT2D eigenvalue weighted by Gasteiger charge is -2.41. The molecule has 1 aliphatic carbocycles. The standard InChI is InChI=1S/C29H31FN4O2/c1-5-6-19-7-10-22(14-25(19)31-4)21-11-12-23(24(30)13-21)26-32-29(2,3)28(36)34(26)17-18-15-33(16-18)27(35)20-8-9-20/h5-7,10-14,18,20H,4,8-9,15-17H2,1-3H3/b6-5-. The topological polar surface area (TPSA) is 65.3 Å². The minimum atomic E-state index is -0.957. The number of amides is 2. The van der Waals surface area contributed by atoms with Crippen LogP contribution in [0.4, 0.5) is 10.1 Å². The Balaban J connectivity index is 1.38. The first-order valence-corrected chi connectivity index (χ1v) is 12.5. The van der Waals surface area contributed by atoms with E-state index in [1.165, 1.54) is 6.07 Å². The zero-order valence-corrected chi connectivity index (χ0v) is 21.0. The molecule has 5 rings (SSSR count). The second-order valence-corrected chi connectivity index (χ2v) is 10.4. The van der Waals surface area contributed by atoms with E-state index in [-0.39, 0.29) is 23.7 Å². The molecule has 2 heterocycles. The molecule has 0 N–H and O–H groups in total. The zero-order valence-electron chi connectivity index (χ0n) is 21.0. The van der Waals surface area contributed by atoms with E-state index in [1.807, 2.05) is 48.2 Å². The third-order valence-electron chi connectivity index (χ3n) is 7.14. The molecule has 2 aromatic rings. The second kappa shape index (κ2) is 9.12. The van der Waals surface area contributed by atoms with Crippen molar-refractivity contribution in [2.45, 2.75) is 39.2 Å². The molecule has 0 radical (unpaired) electrons. The smallest absolute Gasteiger partial charge is 0.255 e. The van der Waals surface area contributed by atoms with Gasteiger partial charge in [-0.15, -0.1) is 0 Å². The lowest BCUT2D eigenvalue weighted by molar-refractivity contribution is -0.140. The summed E-state index contributed by atoms with van der Waals surface area (Å²) in [4.78, 5) is 37.6. The number of rotatable bonds is 7. The lowest BCUT2D eigenvalue weighted by atomic mass is 9.97. The van der Waals surface area contributed by atoms with E-state index in [4.69, 9.17) is 0 Å². The largest absolute Gasteiger partial charge is 0.342 e. The van der Waals surface area contributed by atoms with Gasteiger partial charge in [-0.2, -0.15) is 0 Å². The van der Waals surface area contributed by atoms with E-state index in [1.54, 1.807) is 24.8 Å². The van der Waals surface area contributed by atoms with Gasteiger partial charge in [-0.25, -0.2) is 4.39 Å². The molecule has 7 heteroatoms. The van der Waals surface area contributed by atoms with E-state index in [9.17, 15) is 9.59 Å². The number of nitrogens with zero attached hydrogens (tertiary/aromatic N) is 4. The predicted molar refractivity (Wildman–Crippen MR) is 141 cm³/mol. The van der Waals surface area contributed by atoms with Crippen molar-refractivity contribution in [1.82, 2.24) is 9.80 Å². The fourth-order valence-electron chi connectivity index (χ4n) is 4.94. The maximum atomic E-state index is 15.5. The summed E-state index contributed by atoms with van der Waals surface area (Å²) in [5, 5.41) is 0. The van der Waals surface area contributed by atoms with Gasteiger partial charge in [-0.3, -0.25) is 24.5 Å². The average molecular weight is 487 g/mol. The van der Waals surface area contributed by atoms with Crippen molar-refractivity contribution in [1.29, 1.82) is 0 Å². The van der Waals surface area contributed by atoms with Gasteiger partial charge in [0.15, 0.2) is 0 Å². The summed E-state index contributed by atoms with van der Waals surface area (Å²) in [6, 6.07) is 10.7. The lowest BCUT2D eigenvalue weighted by Crippen LogP contribution is -2.55. The number of carbonyl (C=O) groups is 2. The summed E-state index contributed by atoms with van der Waals surface area (Å²) in [5.74, 6) is 0.362. The van der Waals surface area contributed by atoms with Gasteiger partial charge in [0, 0.05) is 31.5 Å². The summed E-state index contributed by atoms with van der Waals surface area (Å²) in [6.45, 7) is 10.8. The van der Waals surface area contributed by atoms with Crippen molar-refractivity contribution in [3.8, 4) is 11.1 Å². The van der Waals surface area contributed by atoms with Gasteiger partial charge in [0.2, 0.25) is 5.91 Å². The van der Waals surface area contributed by atoms with Crippen molar-refractivity contribution in [3.63, 3.8) is 0 Å². The fourth-order valence-corrected chi connectivity index (χ4v) is 4.94. The molecular formula is C29H31FN4O2. The quantitative estimate of drug-likeness (QED) is 0.512. The number of allylic oxidation sites excluding steroid dienone is 1. The summed E-state index contributed by atoms with van der Waals surface area (Å²) >= 11 is 0. The molecule has 36 heavy (non-hydrogen) atoms. The maximum absolute atomic E-state index is 15.5. The molecule has 6 nitrogen and oxygen atoms in total. The van der Waals surface area contributed by atoms with Gasteiger partial charge < -0.3 is 4.90 Å². The van der Waals surface area contributed by atoms with Gasteiger partial charge >= 0.3 is 0 Å². The molecule has 2 amide bonds. The van der Waals surface area contributed by atoms with Crippen molar-refractivity contribution in [2.24, 2.45) is 21.8 Å². The number of likely N-dealkylation sites (tertiary alicyclic amines) is 1. The van der Waals surface area contributed by atoms with E-state index < -0.39 is 11.4 Å². The number of benzene rings is 2. The van der Waals surface area contributed by atoms with Crippen molar-refractivity contribution >= 4 is 36.1 Å². The highest BCUT2D eigenvalue weighted by atomic mass is 19.1. The van der Waals surface area contributed by atoms with Gasteiger partial charge in [0.1, 0.15) is 17.2 Å². The number of halogens is 1. The van der Waals surface area contributed by atoms with Gasteiger partial charge in [-0.1, -0.05) is 30.4 Å². The summed E-state index contributed by atoms with van der Waals surface area (Å²) in [7, 11) is 0. The summed E-state index contributed by atoms with van der Waals surface area (Å²) < 4.78 is 15.5. The van der Waals surface area contributed by atoms with Gasteiger partial charge in [0.25, 0.3) is 5.91 Å². The van der Waals surface area contributed by atoms with E-state index in [0.717, 1.165) is 29.7 Å². The van der Waals surface area contributed by atoms with E-state index in [0.29, 0.717) is 36.6 Å². The number of carbonyl (C=O) groups excluding carboxylic acids is 2. The Hall–Kier alpha value is -3.61. The average Bonchev–Trinajstić information content (AvgIpc) is 3.64. The van der Waals surface area contributed by atoms with Crippen LogP contribution >= 0.6 is 0 Å². The van der Waals surface area contributed by atoms with Crippen molar-refractivity contribution in [3.05, 3.63) is 59.4 Å². The first-order valence-electron chi connectivity index (χ1n) is 12.5. The van der Waals surface area contributed by atoms with Crippen molar-refractivity contribution < 1.29 is 14.0 Å². The number of hydrogen-bond donors (Lipinski definition) is 0. The Bertz CT molecular complexity index is 1300. The highest BCUT2D eigenvalue weighted by molar-refractivity contribution is 6.15. The van der Waals surface area contributed by atoms with Gasteiger partial charge in [0.05, 0.1) is 11.3 Å². The van der Waals surface area contributed by atoms with E-state index >= 15 is 4.39 Å². The molecule has 0 aromatic heterocycles. The Kier molecular flexibility index (Phi) is 6.10. The molecule has 0 spiro atoms. The third-order valence-corrected chi connectivity index (χ3v) is 7.14. The van der Waals surface area contributed by atoms with Crippen LogP contribution in [0, 0.1) is 17.7 Å². The van der Waals surface area contributed by atoms with Crippen LogP contribution in [0.15, 0.2) is 52.5 Å². The van der Waals surface area contributed by atoms with Gasteiger partial charge in [-0.05, 0) is 75.2 Å². The van der Waals surface area contributed by atoms with Crippen LogP contribution in [0.2, 0.25) is 0 Å². The minimum Gasteiger partial charge on any atom is -0.342 e. The molecule has 2 aliphatic heterocycles. The first-order chi connectivity index (χ1) is 17.2. The van der Waals surface area contributed by atoms with Crippen LogP contribution in [0.1, 0.15) is 44.7 Å². The highest BCUT2D eigenvalue weighted by Gasteiger charge is 2.45. The van der Waals surface area contributed by atoms with Crippen LogP contribution in [0.3, 0.4) is 0 Å². The maximum Gasteiger partial charge on any atom is 0.255 e. The molecule has 186 valence electrons. The molecule has 2 aromatic carbocycles. The van der Waals surface area contributed by atoms with Crippen molar-refractivity contribution in [2.75, 3.05) is 19.6 Å². The molecule has 1 saturated heterocycles. The molecular weight excluding hydrogens is 455 g/mol. The fraction of sp³-hybridized carbons (Fsp3) is 0.379. The van der Waals surface area contributed by atoms with Crippen LogP contribution in [0.25, 0.3) is 17.2 Å². The molecule has 0 unspecified atom stereocenters. The SMILES string of the molecule is C=Nc1cc(-c2ccc(C3=NC(C)(C)C(=O)N3CC3CN(C(=O)C4CC4)C3)c(F)c2)ccc1/C=C\C. The number of amidine groups is 1. The van der Waals surface area contributed by atoms with Crippen LogP contribution in [-0.2, 0) is 9.59 Å². The normalized spacial score (nSPS) is 19.6. The number of hydrogen-bond acceptors (Lipinski definition) is 4. The molecule has 1 saturated carbocycles. The predicted octanol–water partition coefficient (Wildman–Crippen LogP) is 5.09. The van der Waals surface area contributed by atoms with Crippen LogP contribution in [0.5, 0.6) is 0 Å². The third kappa shape index (κ3) is 4.38. The monoisotopic (exact) mass is 486 g/mol. The Morgan fingerprint density at radius 3 is 2.53 bits per heavy atom. The summed E-state index contributed by atoms with van der Waals surface area (Å²) in [6.07, 6.45) is 5.85. The highest BCUT2D eigenvalue weighted by Crippen LogP contribution is 2.35. The van der Waals surface area contributed by atoms with E-state index in [2.05, 4.69) is 16.7 Å². The minimum absolute atomic E-state index is 0.144. The zero-order chi connectivity index (χ0) is 25.6. The van der Waals surface area contributed by atoms with Crippen LogP contribution < -0.4 is 0 Å². The Labute approximate surface area is 211 Å². The molecule has 3 aliphatic rings. The Morgan fingerprint density at radius 2 is 1.89 bits per heavy atom. The van der Waals surface area contributed by atoms with Crippen LogP contribution in [-0.4, -0.2) is 59.3 Å². The molecule has 2 fully saturated rings. The first kappa shape index (κ1) is 24.1.